The van der Waals surface area contributed by atoms with Crippen LogP contribution in [0.2, 0.25) is 0 Å². The maximum absolute atomic E-state index is 4.64. The average molecular weight is 292 g/mol. The molecule has 0 radical (unpaired) electrons. The smallest absolute Gasteiger partial charge is 0.114 e. The molecule has 0 saturated carbocycles. The lowest BCUT2D eigenvalue weighted by atomic mass is 10.1. The Morgan fingerprint density at radius 3 is 2.67 bits per heavy atom. The Balaban J connectivity index is 1.88. The van der Waals surface area contributed by atoms with Crippen molar-refractivity contribution in [3.8, 4) is 5.69 Å². The summed E-state index contributed by atoms with van der Waals surface area (Å²) in [5.74, 6) is 1.15. The number of hydrogen-bond acceptors (Lipinski definition) is 2. The van der Waals surface area contributed by atoms with Crippen LogP contribution in [0.5, 0.6) is 0 Å². The standard InChI is InChI=1S/C18H16N2S/c1-13-12-19-18-11-17(14-7-3-2-4-8-14)21-16-10-6-5-9-15(16)20(13)18/h2-10,12,17H,11H2,1H3. The van der Waals surface area contributed by atoms with Crippen molar-refractivity contribution in [3.05, 3.63) is 77.9 Å². The molecule has 2 nitrogen and oxygen atoms in total. The van der Waals surface area contributed by atoms with E-state index >= 15 is 0 Å². The highest BCUT2D eigenvalue weighted by Crippen LogP contribution is 2.43. The maximum atomic E-state index is 4.64. The van der Waals surface area contributed by atoms with Crippen LogP contribution in [0.3, 0.4) is 0 Å². The SMILES string of the molecule is Cc1cnc2n1-c1ccccc1SC(c1ccccc1)C2. The number of aromatic nitrogens is 2. The first-order chi connectivity index (χ1) is 10.3. The summed E-state index contributed by atoms with van der Waals surface area (Å²) in [4.78, 5) is 5.97. The van der Waals surface area contributed by atoms with E-state index in [4.69, 9.17) is 0 Å². The van der Waals surface area contributed by atoms with Gasteiger partial charge in [-0.15, -0.1) is 11.8 Å². The van der Waals surface area contributed by atoms with Gasteiger partial charge in [0.1, 0.15) is 5.82 Å². The summed E-state index contributed by atoms with van der Waals surface area (Å²) in [5.41, 5.74) is 3.82. The molecule has 0 fully saturated rings. The van der Waals surface area contributed by atoms with Gasteiger partial charge in [0.05, 0.1) is 5.69 Å². The van der Waals surface area contributed by atoms with E-state index in [9.17, 15) is 0 Å². The number of aryl methyl sites for hydroxylation is 1. The Labute approximate surface area is 128 Å². The van der Waals surface area contributed by atoms with E-state index in [1.807, 2.05) is 18.0 Å². The summed E-state index contributed by atoms with van der Waals surface area (Å²) in [5, 5.41) is 0.412. The lowest BCUT2D eigenvalue weighted by Crippen LogP contribution is -2.04. The maximum Gasteiger partial charge on any atom is 0.114 e. The number of benzene rings is 2. The lowest BCUT2D eigenvalue weighted by molar-refractivity contribution is 0.813. The van der Waals surface area contributed by atoms with Gasteiger partial charge < -0.3 is 0 Å². The van der Waals surface area contributed by atoms with Crippen molar-refractivity contribution in [3.63, 3.8) is 0 Å². The first kappa shape index (κ1) is 12.7. The molecule has 21 heavy (non-hydrogen) atoms. The van der Waals surface area contributed by atoms with Crippen molar-refractivity contribution in [2.75, 3.05) is 0 Å². The minimum atomic E-state index is 0.412. The Morgan fingerprint density at radius 1 is 1.05 bits per heavy atom. The number of hydrogen-bond donors (Lipinski definition) is 0. The summed E-state index contributed by atoms with van der Waals surface area (Å²) in [7, 11) is 0. The van der Waals surface area contributed by atoms with Gasteiger partial charge in [-0.2, -0.15) is 0 Å². The molecule has 1 aliphatic rings. The van der Waals surface area contributed by atoms with Gasteiger partial charge >= 0.3 is 0 Å². The number of fused-ring (bicyclic) bond motifs is 3. The first-order valence-electron chi connectivity index (χ1n) is 7.17. The monoisotopic (exact) mass is 292 g/mol. The van der Waals surface area contributed by atoms with Gasteiger partial charge in [0, 0.05) is 28.5 Å². The third kappa shape index (κ3) is 2.18. The molecule has 4 rings (SSSR count). The summed E-state index contributed by atoms with van der Waals surface area (Å²) >= 11 is 1.94. The fourth-order valence-electron chi connectivity index (χ4n) is 2.92. The molecule has 0 spiro atoms. The number of imidazole rings is 1. The molecule has 104 valence electrons. The van der Waals surface area contributed by atoms with Gasteiger partial charge in [-0.05, 0) is 24.6 Å². The highest BCUT2D eigenvalue weighted by atomic mass is 32.2. The second-order valence-corrected chi connectivity index (χ2v) is 6.58. The van der Waals surface area contributed by atoms with Crippen LogP contribution in [0.15, 0.2) is 65.7 Å². The molecule has 0 N–H and O–H groups in total. The largest absolute Gasteiger partial charge is 0.300 e. The van der Waals surface area contributed by atoms with Crippen molar-refractivity contribution < 1.29 is 0 Å². The fraction of sp³-hybridized carbons (Fsp3) is 0.167. The summed E-state index contributed by atoms with van der Waals surface area (Å²) < 4.78 is 2.30. The molecule has 0 saturated heterocycles. The molecule has 2 heterocycles. The topological polar surface area (TPSA) is 17.8 Å². The summed E-state index contributed by atoms with van der Waals surface area (Å²) in [6.07, 6.45) is 2.93. The predicted molar refractivity (Wildman–Crippen MR) is 87.0 cm³/mol. The third-order valence-electron chi connectivity index (χ3n) is 3.93. The van der Waals surface area contributed by atoms with Crippen LogP contribution in [0.1, 0.15) is 22.3 Å². The molecule has 0 amide bonds. The molecule has 3 aromatic rings. The zero-order chi connectivity index (χ0) is 14.2. The number of rotatable bonds is 1. The molecular formula is C18H16N2S. The van der Waals surface area contributed by atoms with E-state index in [0.29, 0.717) is 5.25 Å². The molecular weight excluding hydrogens is 276 g/mol. The van der Waals surface area contributed by atoms with Gasteiger partial charge in [0.25, 0.3) is 0 Å². The predicted octanol–water partition coefficient (Wildman–Crippen LogP) is 4.57. The van der Waals surface area contributed by atoms with Crippen molar-refractivity contribution in [2.45, 2.75) is 23.5 Å². The summed E-state index contributed by atoms with van der Waals surface area (Å²) in [6.45, 7) is 2.13. The number of para-hydroxylation sites is 1. The van der Waals surface area contributed by atoms with E-state index in [2.05, 4.69) is 71.1 Å². The van der Waals surface area contributed by atoms with Gasteiger partial charge in [0.15, 0.2) is 0 Å². The molecule has 3 heteroatoms. The highest BCUT2D eigenvalue weighted by molar-refractivity contribution is 7.99. The quantitative estimate of drug-likeness (QED) is 0.654. The fourth-order valence-corrected chi connectivity index (χ4v) is 4.19. The van der Waals surface area contributed by atoms with Crippen LogP contribution in [-0.4, -0.2) is 9.55 Å². The highest BCUT2D eigenvalue weighted by Gasteiger charge is 2.24. The van der Waals surface area contributed by atoms with Crippen LogP contribution in [0.25, 0.3) is 5.69 Å². The van der Waals surface area contributed by atoms with Crippen LogP contribution in [0, 0.1) is 6.92 Å². The minimum absolute atomic E-state index is 0.412. The molecule has 1 unspecified atom stereocenters. The van der Waals surface area contributed by atoms with Gasteiger partial charge in [-0.3, -0.25) is 4.57 Å². The van der Waals surface area contributed by atoms with Crippen molar-refractivity contribution in [1.29, 1.82) is 0 Å². The Morgan fingerprint density at radius 2 is 1.81 bits per heavy atom. The van der Waals surface area contributed by atoms with Gasteiger partial charge in [0.2, 0.25) is 0 Å². The van der Waals surface area contributed by atoms with Gasteiger partial charge in [-0.1, -0.05) is 42.5 Å². The van der Waals surface area contributed by atoms with E-state index in [1.54, 1.807) is 0 Å². The average Bonchev–Trinajstić information content (AvgIpc) is 2.80. The second kappa shape index (κ2) is 5.08. The third-order valence-corrected chi connectivity index (χ3v) is 5.25. The van der Waals surface area contributed by atoms with E-state index in [1.165, 1.54) is 21.8 Å². The van der Waals surface area contributed by atoms with E-state index < -0.39 is 0 Å². The number of nitrogens with zero attached hydrogens (tertiary/aromatic N) is 2. The Bertz CT molecular complexity index is 777. The molecule has 1 atom stereocenters. The number of thioether (sulfide) groups is 1. The van der Waals surface area contributed by atoms with Crippen molar-refractivity contribution >= 4 is 11.8 Å². The van der Waals surface area contributed by atoms with E-state index in [0.717, 1.165) is 12.2 Å². The molecule has 2 aromatic carbocycles. The van der Waals surface area contributed by atoms with E-state index in [-0.39, 0.29) is 0 Å². The van der Waals surface area contributed by atoms with Gasteiger partial charge in [-0.25, -0.2) is 4.98 Å². The second-order valence-electron chi connectivity index (χ2n) is 5.34. The Hall–Kier alpha value is -2.00. The lowest BCUT2D eigenvalue weighted by Gasteiger charge is -2.14. The zero-order valence-corrected chi connectivity index (χ0v) is 12.7. The normalized spacial score (nSPS) is 16.9. The van der Waals surface area contributed by atoms with Crippen LogP contribution >= 0.6 is 11.8 Å². The first-order valence-corrected chi connectivity index (χ1v) is 8.05. The van der Waals surface area contributed by atoms with Crippen molar-refractivity contribution in [1.82, 2.24) is 9.55 Å². The van der Waals surface area contributed by atoms with Crippen molar-refractivity contribution in [2.24, 2.45) is 0 Å². The summed E-state index contributed by atoms with van der Waals surface area (Å²) in [6, 6.07) is 19.4. The molecule has 1 aliphatic heterocycles. The molecule has 0 bridgehead atoms. The Kier molecular flexibility index (Phi) is 3.08. The van der Waals surface area contributed by atoms with Crippen LogP contribution in [-0.2, 0) is 6.42 Å². The van der Waals surface area contributed by atoms with Crippen LogP contribution in [0.4, 0.5) is 0 Å². The molecule has 1 aromatic heterocycles. The van der Waals surface area contributed by atoms with Crippen LogP contribution < -0.4 is 0 Å². The minimum Gasteiger partial charge on any atom is -0.300 e. The zero-order valence-electron chi connectivity index (χ0n) is 11.9. The molecule has 0 aliphatic carbocycles.